The Hall–Kier alpha value is -3.81. The molecule has 0 spiro atoms. The maximum absolute atomic E-state index is 12.6. The molecule has 0 unspecified atom stereocenters. The molecule has 1 N–H and O–H groups in total. The average Bonchev–Trinajstić information content (AvgIpc) is 2.79. The van der Waals surface area contributed by atoms with Crippen LogP contribution >= 0.6 is 0 Å². The van der Waals surface area contributed by atoms with E-state index >= 15 is 0 Å². The Morgan fingerprint density at radius 2 is 1.71 bits per heavy atom. The number of pyridine rings is 1. The zero-order valence-corrected chi connectivity index (χ0v) is 17.3. The molecule has 0 saturated heterocycles. The van der Waals surface area contributed by atoms with Crippen LogP contribution in [0.25, 0.3) is 10.9 Å². The number of rotatable bonds is 6. The van der Waals surface area contributed by atoms with E-state index in [0.717, 1.165) is 0 Å². The van der Waals surface area contributed by atoms with Gasteiger partial charge in [0.15, 0.2) is 11.5 Å². The smallest absolute Gasteiger partial charge is 0.341 e. The van der Waals surface area contributed by atoms with Gasteiger partial charge in [-0.05, 0) is 44.2 Å². The molecule has 1 aromatic heterocycles. The van der Waals surface area contributed by atoms with Crippen molar-refractivity contribution in [1.29, 1.82) is 0 Å². The molecule has 31 heavy (non-hydrogen) atoms. The molecule has 4 rings (SSSR count). The van der Waals surface area contributed by atoms with Gasteiger partial charge in [0.25, 0.3) is 0 Å². The number of benzene rings is 2. The molecule has 8 nitrogen and oxygen atoms in total. The van der Waals surface area contributed by atoms with E-state index in [9.17, 15) is 9.59 Å². The lowest BCUT2D eigenvalue weighted by atomic mass is 10.1. The van der Waals surface area contributed by atoms with Crippen LogP contribution in [0.3, 0.4) is 0 Å². The molecule has 0 aliphatic carbocycles. The molecule has 2 aromatic carbocycles. The van der Waals surface area contributed by atoms with Crippen molar-refractivity contribution in [2.24, 2.45) is 0 Å². The largest absolute Gasteiger partial charge is 0.486 e. The Balaban J connectivity index is 1.82. The van der Waals surface area contributed by atoms with Crippen LogP contribution < -0.4 is 14.8 Å². The molecular formula is C23H22N2O6. The first-order valence-corrected chi connectivity index (χ1v) is 10.0. The van der Waals surface area contributed by atoms with E-state index in [-0.39, 0.29) is 18.8 Å². The van der Waals surface area contributed by atoms with Crippen LogP contribution in [0.1, 0.15) is 34.6 Å². The summed E-state index contributed by atoms with van der Waals surface area (Å²) in [5.41, 5.74) is 2.39. The number of nitrogens with one attached hydrogen (secondary N) is 1. The van der Waals surface area contributed by atoms with Gasteiger partial charge in [0, 0.05) is 23.3 Å². The molecule has 0 radical (unpaired) electrons. The number of esters is 2. The second kappa shape index (κ2) is 8.91. The monoisotopic (exact) mass is 422 g/mol. The van der Waals surface area contributed by atoms with Crippen molar-refractivity contribution < 1.29 is 28.5 Å². The SMILES string of the molecule is CCOC(=O)c1ccc2ncc(C(=O)OCC)c(Nc3ccc4c(c3)OCCO4)c2c1. The van der Waals surface area contributed by atoms with Crippen molar-refractivity contribution in [2.45, 2.75) is 13.8 Å². The van der Waals surface area contributed by atoms with Gasteiger partial charge in [0.05, 0.1) is 30.0 Å². The molecule has 0 atom stereocenters. The molecule has 2 heterocycles. The number of carbonyl (C=O) groups excluding carboxylic acids is 2. The van der Waals surface area contributed by atoms with E-state index in [1.165, 1.54) is 6.20 Å². The van der Waals surface area contributed by atoms with Gasteiger partial charge in [-0.3, -0.25) is 4.98 Å². The van der Waals surface area contributed by atoms with Crippen molar-refractivity contribution in [3.05, 3.63) is 53.7 Å². The predicted octanol–water partition coefficient (Wildman–Crippen LogP) is 4.10. The first-order valence-electron chi connectivity index (χ1n) is 10.0. The van der Waals surface area contributed by atoms with E-state index in [0.29, 0.717) is 52.6 Å². The fourth-order valence-electron chi connectivity index (χ4n) is 3.30. The van der Waals surface area contributed by atoms with Gasteiger partial charge in [-0.1, -0.05) is 0 Å². The van der Waals surface area contributed by atoms with Gasteiger partial charge in [0.1, 0.15) is 18.8 Å². The van der Waals surface area contributed by atoms with Gasteiger partial charge in [0.2, 0.25) is 0 Å². The minimum absolute atomic E-state index is 0.225. The summed E-state index contributed by atoms with van der Waals surface area (Å²) in [4.78, 5) is 29.2. The van der Waals surface area contributed by atoms with Crippen LogP contribution in [0.5, 0.6) is 11.5 Å². The zero-order chi connectivity index (χ0) is 21.8. The van der Waals surface area contributed by atoms with Crippen molar-refractivity contribution in [2.75, 3.05) is 31.7 Å². The van der Waals surface area contributed by atoms with Gasteiger partial charge in [-0.25, -0.2) is 9.59 Å². The van der Waals surface area contributed by atoms with Crippen LogP contribution in [0.15, 0.2) is 42.6 Å². The van der Waals surface area contributed by atoms with Gasteiger partial charge in [-0.2, -0.15) is 0 Å². The van der Waals surface area contributed by atoms with Crippen LogP contribution in [-0.4, -0.2) is 43.4 Å². The molecule has 0 bridgehead atoms. The van der Waals surface area contributed by atoms with Gasteiger partial charge >= 0.3 is 11.9 Å². The van der Waals surface area contributed by atoms with Crippen molar-refractivity contribution in [3.63, 3.8) is 0 Å². The molecule has 1 aliphatic heterocycles. The highest BCUT2D eigenvalue weighted by atomic mass is 16.6. The second-order valence-electron chi connectivity index (χ2n) is 6.70. The Labute approximate surface area is 179 Å². The van der Waals surface area contributed by atoms with E-state index < -0.39 is 11.9 Å². The van der Waals surface area contributed by atoms with E-state index in [1.807, 2.05) is 6.07 Å². The molecule has 0 amide bonds. The number of fused-ring (bicyclic) bond motifs is 2. The zero-order valence-electron chi connectivity index (χ0n) is 17.3. The topological polar surface area (TPSA) is 96.0 Å². The standard InChI is InChI=1S/C23H22N2O6/c1-3-28-22(26)14-5-7-18-16(11-14)21(17(13-24-18)23(27)29-4-2)25-15-6-8-19-20(12-15)31-10-9-30-19/h5-8,11-13H,3-4,9-10H2,1-2H3,(H,24,25). The predicted molar refractivity (Wildman–Crippen MR) is 114 cm³/mol. The summed E-state index contributed by atoms with van der Waals surface area (Å²) in [7, 11) is 0. The third-order valence-electron chi connectivity index (χ3n) is 4.69. The molecule has 8 heteroatoms. The third kappa shape index (κ3) is 4.23. The second-order valence-corrected chi connectivity index (χ2v) is 6.70. The van der Waals surface area contributed by atoms with E-state index in [2.05, 4.69) is 10.3 Å². The summed E-state index contributed by atoms with van der Waals surface area (Å²) in [5, 5.41) is 3.86. The Kier molecular flexibility index (Phi) is 5.88. The molecular weight excluding hydrogens is 400 g/mol. The highest BCUT2D eigenvalue weighted by Gasteiger charge is 2.20. The maximum atomic E-state index is 12.6. The summed E-state index contributed by atoms with van der Waals surface area (Å²) in [6.45, 7) is 4.93. The number of nitrogens with zero attached hydrogens (tertiary/aromatic N) is 1. The highest BCUT2D eigenvalue weighted by Crippen LogP contribution is 2.36. The minimum Gasteiger partial charge on any atom is -0.486 e. The normalized spacial score (nSPS) is 12.3. The van der Waals surface area contributed by atoms with Crippen LogP contribution in [0.4, 0.5) is 11.4 Å². The van der Waals surface area contributed by atoms with Gasteiger partial charge in [-0.15, -0.1) is 0 Å². The quantitative estimate of drug-likeness (QED) is 0.593. The lowest BCUT2D eigenvalue weighted by Crippen LogP contribution is -2.15. The lowest BCUT2D eigenvalue weighted by molar-refractivity contribution is 0.0518. The van der Waals surface area contributed by atoms with Crippen molar-refractivity contribution >= 4 is 34.2 Å². The van der Waals surface area contributed by atoms with Crippen LogP contribution in [0, 0.1) is 0 Å². The highest BCUT2D eigenvalue weighted by molar-refractivity contribution is 6.07. The fraction of sp³-hybridized carbons (Fsp3) is 0.261. The summed E-state index contributed by atoms with van der Waals surface area (Å²) in [6.07, 6.45) is 1.46. The van der Waals surface area contributed by atoms with E-state index in [4.69, 9.17) is 18.9 Å². The van der Waals surface area contributed by atoms with Crippen LogP contribution in [0.2, 0.25) is 0 Å². The Morgan fingerprint density at radius 1 is 0.968 bits per heavy atom. The van der Waals surface area contributed by atoms with Crippen molar-refractivity contribution in [1.82, 2.24) is 4.98 Å². The summed E-state index contributed by atoms with van der Waals surface area (Å²) in [5.74, 6) is 0.306. The number of anilines is 2. The number of aromatic nitrogens is 1. The Bertz CT molecular complexity index is 1140. The number of ether oxygens (including phenoxy) is 4. The number of hydrogen-bond donors (Lipinski definition) is 1. The lowest BCUT2D eigenvalue weighted by Gasteiger charge is -2.20. The molecule has 1 aliphatic rings. The van der Waals surface area contributed by atoms with Crippen molar-refractivity contribution in [3.8, 4) is 11.5 Å². The van der Waals surface area contributed by atoms with Crippen LogP contribution in [-0.2, 0) is 9.47 Å². The Morgan fingerprint density at radius 3 is 2.48 bits per heavy atom. The summed E-state index contributed by atoms with van der Waals surface area (Å²) < 4.78 is 21.5. The molecule has 3 aromatic rings. The summed E-state index contributed by atoms with van der Waals surface area (Å²) >= 11 is 0. The fourth-order valence-corrected chi connectivity index (χ4v) is 3.30. The molecule has 0 saturated carbocycles. The molecule has 0 fully saturated rings. The minimum atomic E-state index is -0.515. The molecule has 160 valence electrons. The maximum Gasteiger partial charge on any atom is 0.341 e. The number of carbonyl (C=O) groups is 2. The number of hydrogen-bond acceptors (Lipinski definition) is 8. The summed E-state index contributed by atoms with van der Waals surface area (Å²) in [6, 6.07) is 10.4. The van der Waals surface area contributed by atoms with Gasteiger partial charge < -0.3 is 24.3 Å². The first kappa shape index (κ1) is 20.5. The average molecular weight is 422 g/mol. The first-order chi connectivity index (χ1) is 15.1. The van der Waals surface area contributed by atoms with E-state index in [1.54, 1.807) is 44.2 Å². The third-order valence-corrected chi connectivity index (χ3v) is 4.69.